The van der Waals surface area contributed by atoms with Crippen molar-refractivity contribution in [3.8, 4) is 0 Å². The summed E-state index contributed by atoms with van der Waals surface area (Å²) in [5.41, 5.74) is 6.42. The van der Waals surface area contributed by atoms with Crippen LogP contribution in [0, 0.1) is 0 Å². The minimum Gasteiger partial charge on any atom is -0.450 e. The maximum atomic E-state index is 12.0. The Morgan fingerprint density at radius 2 is 1.88 bits per heavy atom. The van der Waals surface area contributed by atoms with E-state index in [4.69, 9.17) is 16.6 Å². The molecular formula is C17H23N4O2S+. The number of benzene rings is 1. The molecule has 0 spiro atoms. The molecule has 24 heavy (non-hydrogen) atoms. The zero-order chi connectivity index (χ0) is 17.4. The maximum absolute atomic E-state index is 12.0. The van der Waals surface area contributed by atoms with Gasteiger partial charge in [-0.3, -0.25) is 15.6 Å². The molecule has 2 aromatic rings. The van der Waals surface area contributed by atoms with Gasteiger partial charge in [0.05, 0.1) is 14.1 Å². The first-order chi connectivity index (χ1) is 11.5. The van der Waals surface area contributed by atoms with Gasteiger partial charge in [-0.05, 0) is 36.3 Å². The Bertz CT molecular complexity index is 670. The lowest BCUT2D eigenvalue weighted by Crippen LogP contribution is -3.04. The first kappa shape index (κ1) is 18.0. The van der Waals surface area contributed by atoms with Crippen LogP contribution in [0.5, 0.6) is 0 Å². The highest BCUT2D eigenvalue weighted by Gasteiger charge is 2.12. The van der Waals surface area contributed by atoms with Gasteiger partial charge in [-0.2, -0.15) is 0 Å². The number of quaternary nitrogens is 1. The number of hydrogen-bond acceptors (Lipinski definition) is 3. The molecule has 2 rings (SSSR count). The largest absolute Gasteiger partial charge is 0.450 e. The number of hydrazine groups is 1. The summed E-state index contributed by atoms with van der Waals surface area (Å²) in [5.74, 6) is 0.664. The normalized spacial score (nSPS) is 10.5. The van der Waals surface area contributed by atoms with Gasteiger partial charge >= 0.3 is 5.91 Å². The lowest BCUT2D eigenvalue weighted by molar-refractivity contribution is -0.873. The van der Waals surface area contributed by atoms with E-state index in [0.29, 0.717) is 11.7 Å². The van der Waals surface area contributed by atoms with E-state index >= 15 is 0 Å². The van der Waals surface area contributed by atoms with Crippen molar-refractivity contribution in [1.82, 2.24) is 16.2 Å². The van der Waals surface area contributed by atoms with Crippen molar-refractivity contribution in [1.29, 1.82) is 0 Å². The minimum absolute atomic E-state index is 0.255. The molecule has 6 nitrogen and oxygen atoms in total. The zero-order valence-corrected chi connectivity index (χ0v) is 14.7. The van der Waals surface area contributed by atoms with E-state index in [9.17, 15) is 4.79 Å². The zero-order valence-electron chi connectivity index (χ0n) is 13.9. The predicted molar refractivity (Wildman–Crippen MR) is 96.6 cm³/mol. The van der Waals surface area contributed by atoms with Crippen LogP contribution < -0.4 is 21.1 Å². The van der Waals surface area contributed by atoms with Crippen molar-refractivity contribution >= 4 is 23.2 Å². The number of furan rings is 1. The average Bonchev–Trinajstić information content (AvgIpc) is 3.01. The minimum atomic E-state index is -0.359. The highest BCUT2D eigenvalue weighted by atomic mass is 32.1. The van der Waals surface area contributed by atoms with Crippen LogP contribution in [-0.4, -0.2) is 31.7 Å². The summed E-state index contributed by atoms with van der Waals surface area (Å²) in [5, 5.41) is 3.41. The third kappa shape index (κ3) is 6.02. The van der Waals surface area contributed by atoms with Gasteiger partial charge in [0.2, 0.25) is 0 Å². The molecule has 0 radical (unpaired) electrons. The Kier molecular flexibility index (Phi) is 6.77. The summed E-state index contributed by atoms with van der Waals surface area (Å²) >= 11 is 5.13. The number of carbonyl (C=O) groups excluding carboxylic acids is 1. The van der Waals surface area contributed by atoms with Crippen LogP contribution in [0.3, 0.4) is 0 Å². The Balaban J connectivity index is 1.69. The van der Waals surface area contributed by atoms with Gasteiger partial charge in [-0.25, -0.2) is 0 Å². The summed E-state index contributed by atoms with van der Waals surface area (Å²) < 4.78 is 5.49. The Morgan fingerprint density at radius 3 is 2.58 bits per heavy atom. The number of nitrogens with one attached hydrogen (secondary N) is 4. The van der Waals surface area contributed by atoms with Crippen LogP contribution in [0.25, 0.3) is 0 Å². The van der Waals surface area contributed by atoms with Crippen LogP contribution in [-0.2, 0) is 13.0 Å². The van der Waals surface area contributed by atoms with Crippen LogP contribution in [0.2, 0.25) is 0 Å². The second-order valence-electron chi connectivity index (χ2n) is 5.72. The summed E-state index contributed by atoms with van der Waals surface area (Å²) in [4.78, 5) is 13.2. The van der Waals surface area contributed by atoms with Gasteiger partial charge in [0.1, 0.15) is 6.54 Å². The third-order valence-corrected chi connectivity index (χ3v) is 3.49. The van der Waals surface area contributed by atoms with Crippen LogP contribution >= 0.6 is 12.2 Å². The van der Waals surface area contributed by atoms with Crippen molar-refractivity contribution < 1.29 is 14.1 Å². The molecule has 1 aromatic carbocycles. The van der Waals surface area contributed by atoms with Gasteiger partial charge in [-0.1, -0.05) is 30.3 Å². The lowest BCUT2D eigenvalue weighted by Gasteiger charge is -2.10. The Morgan fingerprint density at radius 1 is 1.12 bits per heavy atom. The first-order valence-electron chi connectivity index (χ1n) is 7.80. The molecule has 128 valence electrons. The molecule has 1 heterocycles. The molecule has 0 aliphatic carbocycles. The average molecular weight is 347 g/mol. The van der Waals surface area contributed by atoms with E-state index in [1.807, 2.05) is 32.3 Å². The number of carbonyl (C=O) groups is 1. The Labute approximate surface area is 147 Å². The standard InChI is InChI=1S/C17H22N4O2S/c1-21(2)12-14-8-9-15(23-14)16(22)19-20-17(24)18-11-10-13-6-4-3-5-7-13/h3-9H,10-12H2,1-2H3,(H,19,22)(H2,18,20,24)/p+1. The van der Waals surface area contributed by atoms with Crippen LogP contribution in [0.4, 0.5) is 0 Å². The van der Waals surface area contributed by atoms with Gasteiger partial charge in [0.15, 0.2) is 16.6 Å². The van der Waals surface area contributed by atoms with Crippen molar-refractivity contribution in [3.05, 3.63) is 59.5 Å². The van der Waals surface area contributed by atoms with E-state index in [1.165, 1.54) is 10.5 Å². The fourth-order valence-corrected chi connectivity index (χ4v) is 2.28. The molecule has 0 atom stereocenters. The molecule has 0 bridgehead atoms. The molecule has 0 aliphatic rings. The SMILES string of the molecule is C[NH+](C)Cc1ccc(C(=O)NNC(=S)NCCc2ccccc2)o1. The number of amides is 1. The van der Waals surface area contributed by atoms with E-state index in [0.717, 1.165) is 18.7 Å². The van der Waals surface area contributed by atoms with E-state index in [-0.39, 0.29) is 11.7 Å². The molecule has 7 heteroatoms. The topological polar surface area (TPSA) is 70.7 Å². The molecule has 0 aliphatic heterocycles. The summed E-state index contributed by atoms with van der Waals surface area (Å²) in [6.45, 7) is 1.41. The van der Waals surface area contributed by atoms with Gasteiger partial charge in [0.25, 0.3) is 0 Å². The predicted octanol–water partition coefficient (Wildman–Crippen LogP) is 0.276. The third-order valence-electron chi connectivity index (χ3n) is 3.24. The van der Waals surface area contributed by atoms with Crippen LogP contribution in [0.1, 0.15) is 21.9 Å². The van der Waals surface area contributed by atoms with Gasteiger partial charge in [-0.15, -0.1) is 0 Å². The molecule has 1 aromatic heterocycles. The summed E-state index contributed by atoms with van der Waals surface area (Å²) in [7, 11) is 4.03. The Hall–Kier alpha value is -2.38. The summed E-state index contributed by atoms with van der Waals surface area (Å²) in [6, 6.07) is 13.6. The molecule has 4 N–H and O–H groups in total. The van der Waals surface area contributed by atoms with Gasteiger partial charge in [0, 0.05) is 6.54 Å². The first-order valence-corrected chi connectivity index (χ1v) is 8.21. The second kappa shape index (κ2) is 9.05. The quantitative estimate of drug-likeness (QED) is 0.446. The lowest BCUT2D eigenvalue weighted by atomic mass is 10.1. The highest BCUT2D eigenvalue weighted by molar-refractivity contribution is 7.80. The molecule has 0 saturated carbocycles. The highest BCUT2D eigenvalue weighted by Crippen LogP contribution is 2.06. The van der Waals surface area contributed by atoms with Crippen molar-refractivity contribution in [3.63, 3.8) is 0 Å². The maximum Gasteiger partial charge on any atom is 0.305 e. The molecule has 1 amide bonds. The molecular weight excluding hydrogens is 324 g/mol. The number of hydrogen-bond donors (Lipinski definition) is 4. The van der Waals surface area contributed by atoms with Crippen molar-refractivity contribution in [2.75, 3.05) is 20.6 Å². The van der Waals surface area contributed by atoms with Gasteiger partial charge < -0.3 is 14.6 Å². The van der Waals surface area contributed by atoms with Crippen molar-refractivity contribution in [2.45, 2.75) is 13.0 Å². The van der Waals surface area contributed by atoms with Crippen LogP contribution in [0.15, 0.2) is 46.9 Å². The molecule has 0 unspecified atom stereocenters. The number of rotatable bonds is 6. The monoisotopic (exact) mass is 347 g/mol. The fraction of sp³-hybridized carbons (Fsp3) is 0.294. The van der Waals surface area contributed by atoms with E-state index in [1.54, 1.807) is 12.1 Å². The fourth-order valence-electron chi connectivity index (χ4n) is 2.13. The smallest absolute Gasteiger partial charge is 0.305 e. The van der Waals surface area contributed by atoms with E-state index < -0.39 is 0 Å². The second-order valence-corrected chi connectivity index (χ2v) is 6.13. The number of thiocarbonyl (C=S) groups is 1. The van der Waals surface area contributed by atoms with Crippen molar-refractivity contribution in [2.24, 2.45) is 0 Å². The molecule has 0 fully saturated rings. The summed E-state index contributed by atoms with van der Waals surface area (Å²) in [6.07, 6.45) is 0.852. The molecule has 0 saturated heterocycles. The van der Waals surface area contributed by atoms with E-state index in [2.05, 4.69) is 28.3 Å².